The van der Waals surface area contributed by atoms with E-state index in [4.69, 9.17) is 0 Å². The second kappa shape index (κ2) is 7.14. The molecule has 5 heteroatoms. The van der Waals surface area contributed by atoms with E-state index in [1.165, 1.54) is 42.4 Å². The van der Waals surface area contributed by atoms with Gasteiger partial charge in [-0.3, -0.25) is 0 Å². The fourth-order valence-corrected chi connectivity index (χ4v) is 3.30. The van der Waals surface area contributed by atoms with Crippen LogP contribution < -0.4 is 0 Å². The number of hydrogen-bond donors (Lipinski definition) is 0. The highest BCUT2D eigenvalue weighted by Gasteiger charge is 2.11. The molecule has 4 rings (SSSR count). The second-order valence-corrected chi connectivity index (χ2v) is 6.23. The van der Waals surface area contributed by atoms with E-state index < -0.39 is 0 Å². The Morgan fingerprint density at radius 3 is 2.67 bits per heavy atom. The molecule has 0 bridgehead atoms. The first kappa shape index (κ1) is 16.7. The van der Waals surface area contributed by atoms with Gasteiger partial charge in [0.1, 0.15) is 5.82 Å². The van der Waals surface area contributed by atoms with Gasteiger partial charge in [0, 0.05) is 18.0 Å². The van der Waals surface area contributed by atoms with Gasteiger partial charge in [-0.25, -0.2) is 4.98 Å². The van der Waals surface area contributed by atoms with Gasteiger partial charge in [-0.05, 0) is 55.4 Å². The normalized spacial score (nSPS) is 13.2. The summed E-state index contributed by atoms with van der Waals surface area (Å²) < 4.78 is 2.08. The molecule has 0 radical (unpaired) electrons. The summed E-state index contributed by atoms with van der Waals surface area (Å²) in [5.41, 5.74) is 6.35. The molecule has 2 aromatic heterocycles. The lowest BCUT2D eigenvalue weighted by Crippen LogP contribution is -2.04. The lowest BCUT2D eigenvalue weighted by Gasteiger charge is -2.16. The van der Waals surface area contributed by atoms with Gasteiger partial charge in [0.15, 0.2) is 0 Å². The monoisotopic (exact) mass is 340 g/mol. The molecule has 0 saturated carbocycles. The van der Waals surface area contributed by atoms with Crippen molar-refractivity contribution in [3.05, 3.63) is 65.5 Å². The predicted molar refractivity (Wildman–Crippen MR) is 97.4 cm³/mol. The summed E-state index contributed by atoms with van der Waals surface area (Å²) in [5.74, 6) is 0.992. The van der Waals surface area contributed by atoms with Crippen LogP contribution in [-0.4, -0.2) is 19.7 Å². The molecule has 0 unspecified atom stereocenters. The first-order valence-corrected chi connectivity index (χ1v) is 8.21. The number of benzene rings is 1. The lowest BCUT2D eigenvalue weighted by atomic mass is 9.89. The van der Waals surface area contributed by atoms with Gasteiger partial charge in [0.2, 0.25) is 0 Å². The van der Waals surface area contributed by atoms with Crippen molar-refractivity contribution in [2.24, 2.45) is 0 Å². The Morgan fingerprint density at radius 2 is 1.88 bits per heavy atom. The minimum atomic E-state index is 0. The van der Waals surface area contributed by atoms with E-state index >= 15 is 0 Å². The molecule has 0 aliphatic heterocycles. The molecule has 3 aromatic rings. The summed E-state index contributed by atoms with van der Waals surface area (Å²) in [4.78, 5) is 4.26. The minimum Gasteiger partial charge on any atom is -0.329 e. The molecule has 0 N–H and O–H groups in total. The maximum atomic E-state index is 4.27. The quantitative estimate of drug-likeness (QED) is 0.724. The van der Waals surface area contributed by atoms with Crippen molar-refractivity contribution in [1.29, 1.82) is 0 Å². The van der Waals surface area contributed by atoms with E-state index in [2.05, 4.69) is 44.0 Å². The summed E-state index contributed by atoms with van der Waals surface area (Å²) in [6.07, 6.45) is 10.7. The van der Waals surface area contributed by atoms with Crippen LogP contribution in [0.4, 0.5) is 0 Å². The molecule has 124 valence electrons. The van der Waals surface area contributed by atoms with Crippen LogP contribution in [0.1, 0.15) is 35.5 Å². The fraction of sp³-hybridized carbons (Fsp3) is 0.316. The van der Waals surface area contributed by atoms with E-state index in [0.29, 0.717) is 6.54 Å². The molecule has 24 heavy (non-hydrogen) atoms. The van der Waals surface area contributed by atoms with Gasteiger partial charge < -0.3 is 4.57 Å². The second-order valence-electron chi connectivity index (χ2n) is 6.23. The average Bonchev–Trinajstić information content (AvgIpc) is 2.99. The molecule has 1 aliphatic rings. The van der Waals surface area contributed by atoms with Crippen molar-refractivity contribution in [2.75, 3.05) is 0 Å². The van der Waals surface area contributed by atoms with Gasteiger partial charge in [0.05, 0.1) is 18.4 Å². The van der Waals surface area contributed by atoms with Crippen LogP contribution >= 0.6 is 12.4 Å². The number of fused-ring (bicyclic) bond motifs is 1. The molecule has 4 nitrogen and oxygen atoms in total. The van der Waals surface area contributed by atoms with Crippen LogP contribution in [-0.2, 0) is 19.4 Å². The van der Waals surface area contributed by atoms with Gasteiger partial charge in [0.25, 0.3) is 0 Å². The summed E-state index contributed by atoms with van der Waals surface area (Å²) in [5, 5.41) is 8.47. The number of halogens is 1. The molecule has 0 saturated heterocycles. The first-order chi connectivity index (χ1) is 11.3. The predicted octanol–water partition coefficient (Wildman–Crippen LogP) is 4.00. The number of aromatic nitrogens is 4. The Balaban J connectivity index is 0.00000169. The van der Waals surface area contributed by atoms with Crippen molar-refractivity contribution in [2.45, 2.75) is 39.2 Å². The van der Waals surface area contributed by atoms with Gasteiger partial charge in [-0.15, -0.1) is 12.4 Å². The lowest BCUT2D eigenvalue weighted by molar-refractivity contribution is 0.686. The Kier molecular flexibility index (Phi) is 4.95. The van der Waals surface area contributed by atoms with Crippen LogP contribution in [0.5, 0.6) is 0 Å². The maximum Gasteiger partial charge on any atom is 0.105 e. The van der Waals surface area contributed by atoms with Gasteiger partial charge in [-0.2, -0.15) is 10.2 Å². The Hall–Kier alpha value is -2.20. The highest BCUT2D eigenvalue weighted by molar-refractivity contribution is 5.85. The maximum absolute atomic E-state index is 4.27. The smallest absolute Gasteiger partial charge is 0.105 e. The summed E-state index contributed by atoms with van der Waals surface area (Å²) >= 11 is 0. The zero-order chi connectivity index (χ0) is 15.6. The number of aryl methyl sites for hydroxylation is 3. The van der Waals surface area contributed by atoms with Crippen LogP contribution in [0.3, 0.4) is 0 Å². The molecular weight excluding hydrogens is 320 g/mol. The van der Waals surface area contributed by atoms with Crippen molar-refractivity contribution < 1.29 is 0 Å². The van der Waals surface area contributed by atoms with Crippen molar-refractivity contribution in [3.63, 3.8) is 0 Å². The molecule has 2 heterocycles. The fourth-order valence-electron chi connectivity index (χ4n) is 3.30. The Labute approximate surface area is 148 Å². The third-order valence-corrected chi connectivity index (χ3v) is 4.64. The van der Waals surface area contributed by atoms with Crippen molar-refractivity contribution in [3.8, 4) is 11.1 Å². The van der Waals surface area contributed by atoms with E-state index in [-0.39, 0.29) is 12.4 Å². The standard InChI is InChI=1S/C19H20N4.ClH/c1-14-20-8-9-23(14)13-19-11-18(12-21-22-19)17-7-6-15-4-2-3-5-16(15)10-17;/h6-12H,2-5,13H2,1H3;1H. The number of rotatable bonds is 3. The Morgan fingerprint density at radius 1 is 1.04 bits per heavy atom. The molecular formula is C19H21ClN4. The summed E-state index contributed by atoms with van der Waals surface area (Å²) in [6.45, 7) is 2.71. The molecule has 1 aromatic carbocycles. The third kappa shape index (κ3) is 3.34. The largest absolute Gasteiger partial charge is 0.329 e. The van der Waals surface area contributed by atoms with Gasteiger partial charge in [-0.1, -0.05) is 18.2 Å². The number of nitrogens with zero attached hydrogens (tertiary/aromatic N) is 4. The minimum absolute atomic E-state index is 0. The molecule has 0 spiro atoms. The van der Waals surface area contributed by atoms with Crippen LogP contribution in [0, 0.1) is 6.92 Å². The van der Waals surface area contributed by atoms with Crippen molar-refractivity contribution in [1.82, 2.24) is 19.7 Å². The van der Waals surface area contributed by atoms with Gasteiger partial charge >= 0.3 is 0 Å². The zero-order valence-electron chi connectivity index (χ0n) is 13.8. The molecule has 0 amide bonds. The van der Waals surface area contributed by atoms with Crippen LogP contribution in [0.25, 0.3) is 11.1 Å². The van der Waals surface area contributed by atoms with E-state index in [9.17, 15) is 0 Å². The number of imidazole rings is 1. The average molecular weight is 341 g/mol. The number of hydrogen-bond acceptors (Lipinski definition) is 3. The molecule has 1 aliphatic carbocycles. The molecule has 0 atom stereocenters. The van der Waals surface area contributed by atoms with Crippen molar-refractivity contribution >= 4 is 12.4 Å². The first-order valence-electron chi connectivity index (χ1n) is 8.21. The Bertz CT molecular complexity index is 841. The highest BCUT2D eigenvalue weighted by atomic mass is 35.5. The highest BCUT2D eigenvalue weighted by Crippen LogP contribution is 2.27. The summed E-state index contributed by atoms with van der Waals surface area (Å²) in [7, 11) is 0. The summed E-state index contributed by atoms with van der Waals surface area (Å²) in [6, 6.07) is 8.96. The van der Waals surface area contributed by atoms with E-state index in [1.54, 1.807) is 0 Å². The van der Waals surface area contributed by atoms with Crippen LogP contribution in [0.2, 0.25) is 0 Å². The van der Waals surface area contributed by atoms with E-state index in [1.807, 2.05) is 25.5 Å². The molecule has 0 fully saturated rings. The van der Waals surface area contributed by atoms with E-state index in [0.717, 1.165) is 17.1 Å². The zero-order valence-corrected chi connectivity index (χ0v) is 14.6. The SMILES string of the molecule is Cc1nccn1Cc1cc(-c2ccc3c(c2)CCCC3)cnn1.Cl. The third-order valence-electron chi connectivity index (χ3n) is 4.64. The topological polar surface area (TPSA) is 43.6 Å². The van der Waals surface area contributed by atoms with Crippen LogP contribution in [0.15, 0.2) is 42.9 Å².